The molecule has 0 bridgehead atoms. The first-order valence-corrected chi connectivity index (χ1v) is 6.52. The molecule has 1 aromatic rings. The maximum absolute atomic E-state index is 12.0. The molecule has 0 aromatic carbocycles. The molecule has 3 N–H and O–H groups in total. The van der Waals surface area contributed by atoms with Crippen molar-refractivity contribution in [3.05, 3.63) is 15.7 Å². The number of pyridine rings is 1. The van der Waals surface area contributed by atoms with Gasteiger partial charge < -0.3 is 15.8 Å². The van der Waals surface area contributed by atoms with Gasteiger partial charge in [-0.2, -0.15) is 5.26 Å². The predicted octanol–water partition coefficient (Wildman–Crippen LogP) is 0.972. The number of methoxy groups -OCH3 is 1. The molecule has 0 saturated carbocycles. The third-order valence-electron chi connectivity index (χ3n) is 3.11. The van der Waals surface area contributed by atoms with Gasteiger partial charge >= 0.3 is 5.97 Å². The van der Waals surface area contributed by atoms with Gasteiger partial charge in [0.15, 0.2) is 0 Å². The van der Waals surface area contributed by atoms with Gasteiger partial charge in [0.2, 0.25) is 5.91 Å². The maximum Gasteiger partial charge on any atom is 0.306 e. The van der Waals surface area contributed by atoms with E-state index in [1.165, 1.54) is 7.11 Å². The quantitative estimate of drug-likeness (QED) is 0.612. The minimum atomic E-state index is -0.577. The molecule has 1 unspecified atom stereocenters. The van der Waals surface area contributed by atoms with Gasteiger partial charge in [-0.05, 0) is 22.4 Å². The van der Waals surface area contributed by atoms with Gasteiger partial charge in [-0.15, -0.1) is 0 Å². The highest BCUT2D eigenvalue weighted by molar-refractivity contribution is 9.10. The molecular formula is C12H11BrN4O3. The number of carbonyl (C=O) groups excluding carboxylic acids is 2. The van der Waals surface area contributed by atoms with Gasteiger partial charge in [0.25, 0.3) is 0 Å². The number of halogens is 1. The molecule has 0 saturated heterocycles. The first kappa shape index (κ1) is 14.3. The van der Waals surface area contributed by atoms with Gasteiger partial charge in [-0.1, -0.05) is 0 Å². The van der Waals surface area contributed by atoms with Gasteiger partial charge in [-0.3, -0.25) is 9.59 Å². The fourth-order valence-corrected chi connectivity index (χ4v) is 2.55. The van der Waals surface area contributed by atoms with E-state index in [-0.39, 0.29) is 34.7 Å². The monoisotopic (exact) mass is 338 g/mol. The topological polar surface area (TPSA) is 118 Å². The molecule has 7 nitrogen and oxygen atoms in total. The van der Waals surface area contributed by atoms with Crippen LogP contribution in [0.4, 0.5) is 11.5 Å². The van der Waals surface area contributed by atoms with Crippen LogP contribution in [-0.2, 0) is 20.7 Å². The third kappa shape index (κ3) is 2.44. The number of nitrogens with zero attached hydrogens (tertiary/aromatic N) is 2. The van der Waals surface area contributed by atoms with E-state index in [1.807, 2.05) is 6.07 Å². The molecular weight excluding hydrogens is 328 g/mol. The molecule has 104 valence electrons. The van der Waals surface area contributed by atoms with Crippen LogP contribution in [0.25, 0.3) is 0 Å². The Kier molecular flexibility index (Phi) is 3.90. The number of nitrogens with two attached hydrogens (primary N) is 1. The Bertz CT molecular complexity index is 639. The van der Waals surface area contributed by atoms with Gasteiger partial charge in [0, 0.05) is 5.56 Å². The van der Waals surface area contributed by atoms with Crippen molar-refractivity contribution in [2.45, 2.75) is 12.8 Å². The Morgan fingerprint density at radius 2 is 2.40 bits per heavy atom. The van der Waals surface area contributed by atoms with Gasteiger partial charge in [-0.25, -0.2) is 4.98 Å². The molecule has 0 radical (unpaired) electrons. The highest BCUT2D eigenvalue weighted by Crippen LogP contribution is 2.36. The lowest BCUT2D eigenvalue weighted by Gasteiger charge is -2.25. The number of anilines is 2. The lowest BCUT2D eigenvalue weighted by Crippen LogP contribution is -2.33. The van der Waals surface area contributed by atoms with Crippen LogP contribution in [0.1, 0.15) is 17.5 Å². The van der Waals surface area contributed by atoms with E-state index in [2.05, 4.69) is 31.0 Å². The summed E-state index contributed by atoms with van der Waals surface area (Å²) >= 11 is 3.13. The molecule has 2 heterocycles. The van der Waals surface area contributed by atoms with Gasteiger partial charge in [0.1, 0.15) is 22.1 Å². The number of hydrogen-bond acceptors (Lipinski definition) is 6. The highest BCUT2D eigenvalue weighted by Gasteiger charge is 2.32. The van der Waals surface area contributed by atoms with Crippen molar-refractivity contribution in [3.8, 4) is 6.07 Å². The Hall–Kier alpha value is -2.14. The molecule has 1 amide bonds. The Morgan fingerprint density at radius 3 is 3.00 bits per heavy atom. The standard InChI is InChI=1S/C12H11BrN4O3/c1-20-8(18)3-5-2-6-9(16-12(5)19)7(4-14)10(13)17-11(6)15/h5H,2-3H2,1H3,(H2,15,17)(H,16,19). The molecule has 0 spiro atoms. The summed E-state index contributed by atoms with van der Waals surface area (Å²) in [6.45, 7) is 0. The van der Waals surface area contributed by atoms with Crippen molar-refractivity contribution in [1.29, 1.82) is 5.26 Å². The second kappa shape index (κ2) is 5.46. The van der Waals surface area contributed by atoms with Crippen LogP contribution in [0.15, 0.2) is 4.60 Å². The second-order valence-electron chi connectivity index (χ2n) is 4.30. The Labute approximate surface area is 123 Å². The van der Waals surface area contributed by atoms with Crippen molar-refractivity contribution in [1.82, 2.24) is 4.98 Å². The number of hydrogen-bond donors (Lipinski definition) is 2. The molecule has 8 heteroatoms. The molecule has 1 atom stereocenters. The highest BCUT2D eigenvalue weighted by atomic mass is 79.9. The minimum Gasteiger partial charge on any atom is -0.469 e. The van der Waals surface area contributed by atoms with E-state index in [0.29, 0.717) is 11.3 Å². The Balaban J connectivity index is 2.42. The minimum absolute atomic E-state index is 0.0425. The van der Waals surface area contributed by atoms with E-state index in [0.717, 1.165) is 0 Å². The summed E-state index contributed by atoms with van der Waals surface area (Å²) in [5, 5.41) is 11.7. The van der Waals surface area contributed by atoms with Gasteiger partial charge in [0.05, 0.1) is 25.1 Å². The van der Waals surface area contributed by atoms with E-state index >= 15 is 0 Å². The lowest BCUT2D eigenvalue weighted by molar-refractivity contribution is -0.143. The van der Waals surface area contributed by atoms with Crippen LogP contribution in [0.2, 0.25) is 0 Å². The zero-order valence-corrected chi connectivity index (χ0v) is 12.2. The van der Waals surface area contributed by atoms with Crippen molar-refractivity contribution in [3.63, 3.8) is 0 Å². The third-order valence-corrected chi connectivity index (χ3v) is 3.68. The van der Waals surface area contributed by atoms with Crippen molar-refractivity contribution in [2.24, 2.45) is 5.92 Å². The Morgan fingerprint density at radius 1 is 1.70 bits per heavy atom. The van der Waals surface area contributed by atoms with Crippen LogP contribution in [-0.4, -0.2) is 24.0 Å². The van der Waals surface area contributed by atoms with Crippen LogP contribution in [0.5, 0.6) is 0 Å². The first-order chi connectivity index (χ1) is 9.47. The van der Waals surface area contributed by atoms with Crippen molar-refractivity contribution in [2.75, 3.05) is 18.2 Å². The number of nitrogens with one attached hydrogen (secondary N) is 1. The average Bonchev–Trinajstić information content (AvgIpc) is 2.40. The van der Waals surface area contributed by atoms with Crippen LogP contribution < -0.4 is 11.1 Å². The molecule has 20 heavy (non-hydrogen) atoms. The first-order valence-electron chi connectivity index (χ1n) is 5.73. The summed E-state index contributed by atoms with van der Waals surface area (Å²) < 4.78 is 4.84. The fourth-order valence-electron chi connectivity index (χ4n) is 2.07. The molecule has 0 aliphatic carbocycles. The van der Waals surface area contributed by atoms with E-state index < -0.39 is 11.9 Å². The smallest absolute Gasteiger partial charge is 0.306 e. The number of rotatable bonds is 2. The molecule has 1 aliphatic rings. The summed E-state index contributed by atoms with van der Waals surface area (Å²) in [4.78, 5) is 27.3. The van der Waals surface area contributed by atoms with E-state index in [1.54, 1.807) is 0 Å². The summed E-state index contributed by atoms with van der Waals surface area (Å²) in [5.41, 5.74) is 6.97. The summed E-state index contributed by atoms with van der Waals surface area (Å²) in [5.74, 6) is -1.16. The molecule has 2 rings (SSSR count). The average molecular weight is 339 g/mol. The molecule has 1 aromatic heterocycles. The number of esters is 1. The van der Waals surface area contributed by atoms with Crippen molar-refractivity contribution < 1.29 is 14.3 Å². The summed E-state index contributed by atoms with van der Waals surface area (Å²) in [6, 6.07) is 1.97. The van der Waals surface area contributed by atoms with E-state index in [9.17, 15) is 9.59 Å². The molecule has 1 aliphatic heterocycles. The maximum atomic E-state index is 12.0. The largest absolute Gasteiger partial charge is 0.469 e. The zero-order valence-electron chi connectivity index (χ0n) is 10.6. The van der Waals surface area contributed by atoms with Crippen molar-refractivity contribution >= 4 is 39.3 Å². The number of nitriles is 1. The number of ether oxygens (including phenoxy) is 1. The van der Waals surface area contributed by atoms with Crippen LogP contribution >= 0.6 is 15.9 Å². The van der Waals surface area contributed by atoms with Crippen LogP contribution in [0.3, 0.4) is 0 Å². The predicted molar refractivity (Wildman–Crippen MR) is 73.5 cm³/mol. The number of aromatic nitrogens is 1. The second-order valence-corrected chi connectivity index (χ2v) is 5.05. The lowest BCUT2D eigenvalue weighted by atomic mass is 9.90. The summed E-state index contributed by atoms with van der Waals surface area (Å²) in [6.07, 6.45) is 0.205. The summed E-state index contributed by atoms with van der Waals surface area (Å²) in [7, 11) is 1.26. The number of carbonyl (C=O) groups is 2. The fraction of sp³-hybridized carbons (Fsp3) is 0.333. The number of nitrogen functional groups attached to an aromatic ring is 1. The zero-order chi connectivity index (χ0) is 14.9. The number of amides is 1. The number of fused-ring (bicyclic) bond motifs is 1. The van der Waals surface area contributed by atoms with Crippen LogP contribution in [0, 0.1) is 17.2 Å². The molecule has 0 fully saturated rings. The van der Waals surface area contributed by atoms with E-state index in [4.69, 9.17) is 11.0 Å². The SMILES string of the molecule is COC(=O)CC1Cc2c(N)nc(Br)c(C#N)c2NC1=O. The normalized spacial score (nSPS) is 16.9.